The van der Waals surface area contributed by atoms with Crippen molar-refractivity contribution < 1.29 is 9.18 Å². The van der Waals surface area contributed by atoms with Crippen LogP contribution in [0.4, 0.5) is 4.39 Å². The molecule has 4 rings (SSSR count). The molecule has 2 fully saturated rings. The lowest BCUT2D eigenvalue weighted by Gasteiger charge is -2.38. The summed E-state index contributed by atoms with van der Waals surface area (Å²) < 4.78 is 14.9. The van der Waals surface area contributed by atoms with Gasteiger partial charge in [-0.05, 0) is 61.9 Å². The van der Waals surface area contributed by atoms with Crippen molar-refractivity contribution in [3.63, 3.8) is 0 Å². The Labute approximate surface area is 153 Å². The van der Waals surface area contributed by atoms with Crippen LogP contribution in [0.25, 0.3) is 5.69 Å². The van der Waals surface area contributed by atoms with Crippen LogP contribution >= 0.6 is 0 Å². The monoisotopic (exact) mass is 356 g/mol. The van der Waals surface area contributed by atoms with E-state index < -0.39 is 0 Å². The van der Waals surface area contributed by atoms with Crippen molar-refractivity contribution in [2.75, 3.05) is 26.2 Å². The molecule has 138 valence electrons. The Morgan fingerprint density at radius 1 is 1.23 bits per heavy atom. The average molecular weight is 356 g/mol. The largest absolute Gasteiger partial charge is 0.338 e. The predicted molar refractivity (Wildman–Crippen MR) is 98.0 cm³/mol. The molecule has 26 heavy (non-hydrogen) atoms. The van der Waals surface area contributed by atoms with Gasteiger partial charge in [-0.2, -0.15) is 5.10 Å². The van der Waals surface area contributed by atoms with E-state index in [0.29, 0.717) is 17.4 Å². The number of piperidine rings is 1. The van der Waals surface area contributed by atoms with Gasteiger partial charge in [0.25, 0.3) is 5.91 Å². The van der Waals surface area contributed by atoms with Gasteiger partial charge in [0.1, 0.15) is 5.82 Å². The number of nitrogens with one attached hydrogen (secondary N) is 1. The Morgan fingerprint density at radius 3 is 2.58 bits per heavy atom. The van der Waals surface area contributed by atoms with Gasteiger partial charge in [-0.25, -0.2) is 9.07 Å². The summed E-state index contributed by atoms with van der Waals surface area (Å²) in [4.78, 5) is 15.0. The fourth-order valence-corrected chi connectivity index (χ4v) is 4.27. The first-order valence-electron chi connectivity index (χ1n) is 9.45. The molecule has 2 aromatic rings. The quantitative estimate of drug-likeness (QED) is 0.920. The van der Waals surface area contributed by atoms with Crippen molar-refractivity contribution in [1.82, 2.24) is 20.0 Å². The molecule has 1 amide bonds. The lowest BCUT2D eigenvalue weighted by molar-refractivity contribution is 0.0606. The number of benzene rings is 1. The van der Waals surface area contributed by atoms with Gasteiger partial charge in [-0.1, -0.05) is 6.92 Å². The van der Waals surface area contributed by atoms with Gasteiger partial charge in [0.15, 0.2) is 0 Å². The minimum absolute atomic E-state index is 0.0658. The Hall–Kier alpha value is -2.21. The van der Waals surface area contributed by atoms with Crippen LogP contribution in [-0.2, 0) is 6.42 Å². The highest BCUT2D eigenvalue weighted by atomic mass is 19.1. The van der Waals surface area contributed by atoms with Crippen LogP contribution in [0.5, 0.6) is 0 Å². The van der Waals surface area contributed by atoms with Crippen LogP contribution in [0.1, 0.15) is 42.2 Å². The van der Waals surface area contributed by atoms with E-state index >= 15 is 0 Å². The maximum atomic E-state index is 13.2. The van der Waals surface area contributed by atoms with Crippen LogP contribution in [0.2, 0.25) is 0 Å². The molecule has 2 aliphatic rings. The summed E-state index contributed by atoms with van der Waals surface area (Å²) in [6.45, 7) is 5.82. The zero-order valence-electron chi connectivity index (χ0n) is 15.2. The second-order valence-electron chi connectivity index (χ2n) is 7.47. The smallest absolute Gasteiger partial charge is 0.257 e. The van der Waals surface area contributed by atoms with Crippen LogP contribution in [-0.4, -0.2) is 46.8 Å². The van der Waals surface area contributed by atoms with Gasteiger partial charge in [-0.15, -0.1) is 0 Å². The highest BCUT2D eigenvalue weighted by Crippen LogP contribution is 2.37. The zero-order valence-corrected chi connectivity index (χ0v) is 15.2. The molecular weight excluding hydrogens is 331 g/mol. The summed E-state index contributed by atoms with van der Waals surface area (Å²) in [6, 6.07) is 6.20. The summed E-state index contributed by atoms with van der Waals surface area (Å²) >= 11 is 0. The van der Waals surface area contributed by atoms with E-state index in [4.69, 9.17) is 0 Å². The molecule has 0 radical (unpaired) electrons. The van der Waals surface area contributed by atoms with E-state index in [0.717, 1.165) is 50.4 Å². The van der Waals surface area contributed by atoms with Crippen molar-refractivity contribution in [3.05, 3.63) is 47.5 Å². The maximum Gasteiger partial charge on any atom is 0.257 e. The molecule has 1 aromatic heterocycles. The molecule has 1 N–H and O–H groups in total. The fourth-order valence-electron chi connectivity index (χ4n) is 4.27. The van der Waals surface area contributed by atoms with E-state index in [2.05, 4.69) is 10.4 Å². The van der Waals surface area contributed by atoms with E-state index in [9.17, 15) is 9.18 Å². The predicted octanol–water partition coefficient (Wildman–Crippen LogP) is 2.79. The fraction of sp³-hybridized carbons (Fsp3) is 0.500. The van der Waals surface area contributed by atoms with Crippen LogP contribution in [0.3, 0.4) is 0 Å². The SMILES string of the molecule is CCc1c(C(=O)N2CCC3(CCNC3)CC2)cnn1-c1ccc(F)cc1. The highest BCUT2D eigenvalue weighted by Gasteiger charge is 2.38. The van der Waals surface area contributed by atoms with E-state index in [-0.39, 0.29) is 11.7 Å². The van der Waals surface area contributed by atoms with Crippen molar-refractivity contribution in [3.8, 4) is 5.69 Å². The number of halogens is 1. The molecule has 0 bridgehead atoms. The number of carbonyl (C=O) groups excluding carboxylic acids is 1. The Kier molecular flexibility index (Phi) is 4.53. The second kappa shape index (κ2) is 6.83. The number of nitrogens with zero attached hydrogens (tertiary/aromatic N) is 3. The van der Waals surface area contributed by atoms with Crippen molar-refractivity contribution in [2.45, 2.75) is 32.6 Å². The third kappa shape index (κ3) is 3.03. The van der Waals surface area contributed by atoms with Gasteiger partial charge >= 0.3 is 0 Å². The lowest BCUT2D eigenvalue weighted by atomic mass is 9.78. The molecule has 2 aliphatic heterocycles. The van der Waals surface area contributed by atoms with Gasteiger partial charge < -0.3 is 10.2 Å². The maximum absolute atomic E-state index is 13.2. The van der Waals surface area contributed by atoms with Gasteiger partial charge in [0.05, 0.1) is 23.1 Å². The number of rotatable bonds is 3. The minimum Gasteiger partial charge on any atom is -0.338 e. The number of hydrogen-bond acceptors (Lipinski definition) is 3. The number of amides is 1. The lowest BCUT2D eigenvalue weighted by Crippen LogP contribution is -2.44. The number of aromatic nitrogens is 2. The molecule has 6 heteroatoms. The number of hydrogen-bond donors (Lipinski definition) is 1. The second-order valence-corrected chi connectivity index (χ2v) is 7.47. The van der Waals surface area contributed by atoms with E-state index in [1.165, 1.54) is 18.6 Å². The highest BCUT2D eigenvalue weighted by molar-refractivity contribution is 5.95. The third-order valence-electron chi connectivity index (χ3n) is 5.95. The van der Waals surface area contributed by atoms with Gasteiger partial charge in [0.2, 0.25) is 0 Å². The molecule has 0 saturated carbocycles. The van der Waals surface area contributed by atoms with Crippen LogP contribution in [0.15, 0.2) is 30.5 Å². The average Bonchev–Trinajstić information content (AvgIpc) is 3.29. The molecule has 1 aromatic carbocycles. The topological polar surface area (TPSA) is 50.2 Å². The summed E-state index contributed by atoms with van der Waals surface area (Å²) in [5, 5.41) is 7.87. The van der Waals surface area contributed by atoms with E-state index in [1.54, 1.807) is 23.0 Å². The number of likely N-dealkylation sites (tertiary alicyclic amines) is 1. The van der Waals surface area contributed by atoms with E-state index in [1.807, 2.05) is 11.8 Å². The van der Waals surface area contributed by atoms with Gasteiger partial charge in [0, 0.05) is 19.6 Å². The summed E-state index contributed by atoms with van der Waals surface area (Å²) in [6.07, 6.45) is 5.71. The minimum atomic E-state index is -0.279. The van der Waals surface area contributed by atoms with Crippen molar-refractivity contribution >= 4 is 5.91 Å². The zero-order chi connectivity index (χ0) is 18.1. The third-order valence-corrected chi connectivity index (χ3v) is 5.95. The van der Waals surface area contributed by atoms with Crippen molar-refractivity contribution in [2.24, 2.45) is 5.41 Å². The molecule has 3 heterocycles. The first-order chi connectivity index (χ1) is 12.6. The first-order valence-corrected chi connectivity index (χ1v) is 9.45. The van der Waals surface area contributed by atoms with Crippen LogP contribution in [0, 0.1) is 11.2 Å². The summed E-state index contributed by atoms with van der Waals surface area (Å²) in [7, 11) is 0. The Morgan fingerprint density at radius 2 is 1.96 bits per heavy atom. The normalized spacial score (nSPS) is 19.2. The standard InChI is InChI=1S/C20H25FN4O/c1-2-18-17(13-23-25(18)16-5-3-15(21)4-6-16)19(26)24-11-8-20(9-12-24)7-10-22-14-20/h3-6,13,22H,2,7-12,14H2,1H3. The molecule has 0 unspecified atom stereocenters. The molecule has 0 aliphatic carbocycles. The molecular formula is C20H25FN4O. The molecule has 5 nitrogen and oxygen atoms in total. The van der Waals surface area contributed by atoms with Crippen LogP contribution < -0.4 is 5.32 Å². The molecule has 1 spiro atoms. The summed E-state index contributed by atoms with van der Waals surface area (Å²) in [5.74, 6) is -0.213. The molecule has 0 atom stereocenters. The first kappa shape index (κ1) is 17.2. The number of carbonyl (C=O) groups is 1. The van der Waals surface area contributed by atoms with Gasteiger partial charge in [-0.3, -0.25) is 4.79 Å². The Balaban J connectivity index is 1.54. The molecule has 2 saturated heterocycles. The van der Waals surface area contributed by atoms with Crippen molar-refractivity contribution in [1.29, 1.82) is 0 Å². The Bertz CT molecular complexity index is 783. The summed E-state index contributed by atoms with van der Waals surface area (Å²) in [5.41, 5.74) is 2.71.